The van der Waals surface area contributed by atoms with Gasteiger partial charge in [-0.1, -0.05) is 0 Å². The number of carbonyl (C=O) groups is 2. The van der Waals surface area contributed by atoms with Crippen molar-refractivity contribution in [2.75, 3.05) is 6.79 Å². The monoisotopic (exact) mass is 438 g/mol. The molecule has 0 aliphatic carbocycles. The van der Waals surface area contributed by atoms with E-state index in [9.17, 15) is 14.0 Å². The fraction of sp³-hybridized carbons (Fsp3) is 0.0952. The first kappa shape index (κ1) is 19.1. The van der Waals surface area contributed by atoms with E-state index in [1.165, 1.54) is 23.5 Å². The maximum Gasteiger partial charge on any atom is 0.279 e. The van der Waals surface area contributed by atoms with Crippen molar-refractivity contribution in [3.05, 3.63) is 70.5 Å². The average molecular weight is 438 g/mol. The zero-order chi connectivity index (χ0) is 21.5. The van der Waals surface area contributed by atoms with Gasteiger partial charge in [-0.3, -0.25) is 20.4 Å². The summed E-state index contributed by atoms with van der Waals surface area (Å²) in [4.78, 5) is 26.1. The Bertz CT molecular complexity index is 1330. The molecule has 0 bridgehead atoms. The van der Waals surface area contributed by atoms with Crippen molar-refractivity contribution in [2.45, 2.75) is 6.92 Å². The molecule has 31 heavy (non-hydrogen) atoms. The van der Waals surface area contributed by atoms with Crippen molar-refractivity contribution < 1.29 is 23.5 Å². The van der Waals surface area contributed by atoms with Crippen LogP contribution < -0.4 is 20.3 Å². The Labute approximate surface area is 179 Å². The van der Waals surface area contributed by atoms with Gasteiger partial charge in [0, 0.05) is 10.9 Å². The van der Waals surface area contributed by atoms with E-state index in [0.29, 0.717) is 27.6 Å². The van der Waals surface area contributed by atoms with Crippen LogP contribution in [0, 0.1) is 12.7 Å². The van der Waals surface area contributed by atoms with E-state index >= 15 is 0 Å². The van der Waals surface area contributed by atoms with Crippen LogP contribution in [0.3, 0.4) is 0 Å². The molecule has 2 amide bonds. The topological polar surface area (TPSA) is 94.5 Å². The van der Waals surface area contributed by atoms with Crippen LogP contribution in [0.2, 0.25) is 0 Å². The number of hydrazine groups is 1. The van der Waals surface area contributed by atoms with Gasteiger partial charge < -0.3 is 9.47 Å². The van der Waals surface area contributed by atoms with Gasteiger partial charge in [-0.15, -0.1) is 11.3 Å². The first-order valence-electron chi connectivity index (χ1n) is 9.25. The molecule has 2 aromatic heterocycles. The number of ether oxygens (including phenoxy) is 2. The van der Waals surface area contributed by atoms with Crippen LogP contribution in [-0.2, 0) is 0 Å². The van der Waals surface area contributed by atoms with Gasteiger partial charge in [0.25, 0.3) is 11.8 Å². The second kappa shape index (κ2) is 7.40. The lowest BCUT2D eigenvalue weighted by Crippen LogP contribution is -2.41. The number of carbonyl (C=O) groups excluding carboxylic acids is 2. The molecule has 8 nitrogen and oxygen atoms in total. The third-order valence-corrected chi connectivity index (χ3v) is 5.87. The van der Waals surface area contributed by atoms with Gasteiger partial charge in [-0.05, 0) is 55.5 Å². The van der Waals surface area contributed by atoms with E-state index in [4.69, 9.17) is 9.47 Å². The fourth-order valence-electron chi connectivity index (χ4n) is 3.20. The molecule has 3 heterocycles. The van der Waals surface area contributed by atoms with Crippen LogP contribution in [0.4, 0.5) is 4.39 Å². The number of nitrogens with zero attached hydrogens (tertiary/aromatic N) is 2. The van der Waals surface area contributed by atoms with E-state index in [1.807, 2.05) is 6.92 Å². The zero-order valence-corrected chi connectivity index (χ0v) is 17.0. The van der Waals surface area contributed by atoms with E-state index in [2.05, 4.69) is 16.0 Å². The number of aromatic nitrogens is 2. The van der Waals surface area contributed by atoms with Gasteiger partial charge in [0.2, 0.25) is 6.79 Å². The molecule has 10 heteroatoms. The Morgan fingerprint density at radius 1 is 1.03 bits per heavy atom. The van der Waals surface area contributed by atoms with Gasteiger partial charge in [0.05, 0.1) is 16.3 Å². The summed E-state index contributed by atoms with van der Waals surface area (Å²) >= 11 is 1.22. The Balaban J connectivity index is 1.33. The van der Waals surface area contributed by atoms with Gasteiger partial charge in [-0.25, -0.2) is 9.07 Å². The summed E-state index contributed by atoms with van der Waals surface area (Å²) in [6.07, 6.45) is 0. The van der Waals surface area contributed by atoms with Crippen LogP contribution in [0.25, 0.3) is 15.9 Å². The van der Waals surface area contributed by atoms with E-state index in [0.717, 1.165) is 15.9 Å². The van der Waals surface area contributed by atoms with Gasteiger partial charge in [0.15, 0.2) is 11.5 Å². The molecule has 0 saturated carbocycles. The number of nitrogens with one attached hydrogen (secondary N) is 2. The predicted octanol–water partition coefficient (Wildman–Crippen LogP) is 3.34. The molecular weight excluding hydrogens is 423 g/mol. The molecule has 1 aliphatic heterocycles. The molecule has 0 spiro atoms. The predicted molar refractivity (Wildman–Crippen MR) is 111 cm³/mol. The van der Waals surface area contributed by atoms with Crippen LogP contribution in [-0.4, -0.2) is 28.4 Å². The molecule has 5 rings (SSSR count). The van der Waals surface area contributed by atoms with Crippen molar-refractivity contribution >= 4 is 33.4 Å². The van der Waals surface area contributed by atoms with Gasteiger partial charge >= 0.3 is 0 Å². The summed E-state index contributed by atoms with van der Waals surface area (Å²) in [5.41, 5.74) is 6.56. The van der Waals surface area contributed by atoms with Crippen LogP contribution in [0.1, 0.15) is 25.7 Å². The number of aryl methyl sites for hydroxylation is 1. The second-order valence-electron chi connectivity index (χ2n) is 6.78. The summed E-state index contributed by atoms with van der Waals surface area (Å²) in [6, 6.07) is 12.4. The Hall–Kier alpha value is -3.92. The Morgan fingerprint density at radius 2 is 1.77 bits per heavy atom. The van der Waals surface area contributed by atoms with E-state index in [1.54, 1.807) is 41.1 Å². The molecule has 1 aliphatic rings. The lowest BCUT2D eigenvalue weighted by atomic mass is 10.2. The zero-order valence-electron chi connectivity index (χ0n) is 16.1. The molecule has 2 N–H and O–H groups in total. The second-order valence-corrected chi connectivity index (χ2v) is 7.81. The van der Waals surface area contributed by atoms with E-state index in [-0.39, 0.29) is 12.6 Å². The number of hydrogen-bond acceptors (Lipinski definition) is 6. The lowest BCUT2D eigenvalue weighted by Gasteiger charge is -2.07. The SMILES string of the molecule is Cc1nn(-c2ccc(F)cc2)c2sc(C(=O)NNC(=O)c3ccc4c(c3)OCO4)cc12. The first-order chi connectivity index (χ1) is 15.0. The summed E-state index contributed by atoms with van der Waals surface area (Å²) in [5.74, 6) is -0.240. The number of rotatable bonds is 3. The molecule has 4 aromatic rings. The smallest absolute Gasteiger partial charge is 0.279 e. The highest BCUT2D eigenvalue weighted by molar-refractivity contribution is 7.20. The minimum Gasteiger partial charge on any atom is -0.454 e. The first-order valence-corrected chi connectivity index (χ1v) is 10.1. The largest absolute Gasteiger partial charge is 0.454 e. The van der Waals surface area contributed by atoms with Gasteiger partial charge in [-0.2, -0.15) is 5.10 Å². The third kappa shape index (κ3) is 3.46. The number of benzene rings is 2. The standard InChI is InChI=1S/C21H15FN4O4S/c1-11-15-9-18(31-21(15)26(25-11)14-5-3-13(22)4-6-14)20(28)24-23-19(27)12-2-7-16-17(8-12)30-10-29-16/h2-9H,10H2,1H3,(H,23,27)(H,24,28). The normalized spacial score (nSPS) is 12.2. The van der Waals surface area contributed by atoms with Crippen molar-refractivity contribution in [3.8, 4) is 17.2 Å². The quantitative estimate of drug-likeness (QED) is 0.479. The summed E-state index contributed by atoms with van der Waals surface area (Å²) < 4.78 is 25.4. The molecular formula is C21H15FN4O4S. The highest BCUT2D eigenvalue weighted by Gasteiger charge is 2.19. The minimum atomic E-state index is -0.485. The molecule has 0 atom stereocenters. The molecule has 0 saturated heterocycles. The van der Waals surface area contributed by atoms with Crippen LogP contribution >= 0.6 is 11.3 Å². The van der Waals surface area contributed by atoms with Crippen LogP contribution in [0.5, 0.6) is 11.5 Å². The summed E-state index contributed by atoms with van der Waals surface area (Å²) in [6.45, 7) is 1.94. The van der Waals surface area contributed by atoms with Crippen molar-refractivity contribution in [2.24, 2.45) is 0 Å². The fourth-order valence-corrected chi connectivity index (χ4v) is 4.28. The van der Waals surface area contributed by atoms with E-state index < -0.39 is 11.8 Å². The average Bonchev–Trinajstić information content (AvgIpc) is 3.48. The molecule has 0 radical (unpaired) electrons. The van der Waals surface area contributed by atoms with Crippen molar-refractivity contribution in [3.63, 3.8) is 0 Å². The van der Waals surface area contributed by atoms with Crippen molar-refractivity contribution in [1.82, 2.24) is 20.6 Å². The third-order valence-electron chi connectivity index (χ3n) is 4.76. The number of halogens is 1. The Morgan fingerprint density at radius 3 is 2.58 bits per heavy atom. The molecule has 0 fully saturated rings. The highest BCUT2D eigenvalue weighted by Crippen LogP contribution is 2.32. The summed E-state index contributed by atoms with van der Waals surface area (Å²) in [5, 5.41) is 5.28. The maximum absolute atomic E-state index is 13.2. The van der Waals surface area contributed by atoms with Crippen LogP contribution in [0.15, 0.2) is 48.5 Å². The molecule has 0 unspecified atom stereocenters. The highest BCUT2D eigenvalue weighted by atomic mass is 32.1. The number of thiophene rings is 1. The molecule has 156 valence electrons. The maximum atomic E-state index is 13.2. The number of fused-ring (bicyclic) bond motifs is 2. The molecule has 2 aromatic carbocycles. The minimum absolute atomic E-state index is 0.109. The number of hydrogen-bond donors (Lipinski definition) is 2. The van der Waals surface area contributed by atoms with Crippen molar-refractivity contribution in [1.29, 1.82) is 0 Å². The van der Waals surface area contributed by atoms with Gasteiger partial charge in [0.1, 0.15) is 10.6 Å². The number of amides is 2. The Kier molecular flexibility index (Phi) is 4.55. The summed E-state index contributed by atoms with van der Waals surface area (Å²) in [7, 11) is 0. The lowest BCUT2D eigenvalue weighted by molar-refractivity contribution is 0.0849.